The molecule has 0 aliphatic heterocycles. The summed E-state index contributed by atoms with van der Waals surface area (Å²) in [6, 6.07) is 1.71. The van der Waals surface area contributed by atoms with E-state index in [0.717, 1.165) is 0 Å². The Morgan fingerprint density at radius 3 is 2.92 bits per heavy atom. The van der Waals surface area contributed by atoms with Gasteiger partial charge in [0.2, 0.25) is 5.78 Å². The first kappa shape index (κ1) is 8.87. The molecule has 0 unspecified atom stereocenters. The van der Waals surface area contributed by atoms with Gasteiger partial charge in [0.05, 0.1) is 15.4 Å². The highest BCUT2D eigenvalue weighted by atomic mass is 35.5. The Labute approximate surface area is 87.8 Å². The summed E-state index contributed by atoms with van der Waals surface area (Å²) in [5, 5.41) is 4.02. The predicted octanol–water partition coefficient (Wildman–Crippen LogP) is 3.09. The molecule has 0 saturated carbocycles. The molecule has 2 rings (SSSR count). The molecule has 2 aromatic rings. The minimum absolute atomic E-state index is 0.0961. The van der Waals surface area contributed by atoms with Crippen molar-refractivity contribution in [3.05, 3.63) is 37.9 Å². The average molecular weight is 230 g/mol. The van der Waals surface area contributed by atoms with Crippen LogP contribution in [0.3, 0.4) is 0 Å². The first-order valence-corrected chi connectivity index (χ1v) is 5.65. The van der Waals surface area contributed by atoms with Crippen LogP contribution in [-0.2, 0) is 0 Å². The van der Waals surface area contributed by atoms with Gasteiger partial charge >= 0.3 is 0 Å². The van der Waals surface area contributed by atoms with Crippen molar-refractivity contribution in [1.82, 2.24) is 4.98 Å². The van der Waals surface area contributed by atoms with Crippen molar-refractivity contribution in [3.8, 4) is 0 Å². The lowest BCUT2D eigenvalue weighted by molar-refractivity contribution is 0.103. The van der Waals surface area contributed by atoms with E-state index < -0.39 is 0 Å². The number of nitrogens with zero attached hydrogens (tertiary/aromatic N) is 1. The van der Waals surface area contributed by atoms with Gasteiger partial charge in [-0.25, -0.2) is 4.98 Å². The minimum Gasteiger partial charge on any atom is -0.286 e. The molecule has 2 nitrogen and oxygen atoms in total. The van der Waals surface area contributed by atoms with E-state index in [1.165, 1.54) is 22.7 Å². The number of rotatable bonds is 2. The summed E-state index contributed by atoms with van der Waals surface area (Å²) in [4.78, 5) is 16.2. The van der Waals surface area contributed by atoms with Crippen LogP contribution in [0.2, 0.25) is 5.02 Å². The molecule has 2 aromatic heterocycles. The van der Waals surface area contributed by atoms with Gasteiger partial charge in [0.1, 0.15) is 5.69 Å². The highest BCUT2D eigenvalue weighted by molar-refractivity contribution is 7.13. The van der Waals surface area contributed by atoms with E-state index in [-0.39, 0.29) is 5.78 Å². The zero-order chi connectivity index (χ0) is 9.26. The van der Waals surface area contributed by atoms with Crippen LogP contribution in [-0.4, -0.2) is 10.8 Å². The second-order valence-electron chi connectivity index (χ2n) is 2.30. The summed E-state index contributed by atoms with van der Waals surface area (Å²) in [5.41, 5.74) is 2.10. The smallest absolute Gasteiger partial charge is 0.223 e. The molecular weight excluding hydrogens is 226 g/mol. The number of aromatic nitrogens is 1. The van der Waals surface area contributed by atoms with Gasteiger partial charge in [-0.1, -0.05) is 11.6 Å². The molecule has 0 aliphatic carbocycles. The minimum atomic E-state index is -0.0961. The number of thiazole rings is 1. The lowest BCUT2D eigenvalue weighted by Gasteiger charge is -1.92. The van der Waals surface area contributed by atoms with Gasteiger partial charge in [-0.2, -0.15) is 0 Å². The van der Waals surface area contributed by atoms with Gasteiger partial charge in [0.15, 0.2) is 0 Å². The lowest BCUT2D eigenvalue weighted by Crippen LogP contribution is -1.98. The summed E-state index contributed by atoms with van der Waals surface area (Å²) in [6.45, 7) is 0. The average Bonchev–Trinajstić information content (AvgIpc) is 2.72. The van der Waals surface area contributed by atoms with Crippen molar-refractivity contribution in [2.45, 2.75) is 0 Å². The van der Waals surface area contributed by atoms with Gasteiger partial charge in [0, 0.05) is 5.38 Å². The third kappa shape index (κ3) is 1.65. The molecule has 0 saturated heterocycles. The van der Waals surface area contributed by atoms with Crippen LogP contribution in [0.1, 0.15) is 15.4 Å². The molecule has 0 atom stereocenters. The standard InChI is InChI=1S/C8H4ClNOS2/c9-5-1-2-13-8(5)7(11)6-3-12-4-10-6/h1-4H. The quantitative estimate of drug-likeness (QED) is 0.741. The zero-order valence-electron chi connectivity index (χ0n) is 6.36. The van der Waals surface area contributed by atoms with Crippen molar-refractivity contribution < 1.29 is 4.79 Å². The van der Waals surface area contributed by atoms with Crippen LogP contribution in [0.15, 0.2) is 22.3 Å². The van der Waals surface area contributed by atoms with Crippen molar-refractivity contribution in [1.29, 1.82) is 0 Å². The second-order valence-corrected chi connectivity index (χ2v) is 4.34. The maximum absolute atomic E-state index is 11.7. The van der Waals surface area contributed by atoms with E-state index in [9.17, 15) is 4.79 Å². The topological polar surface area (TPSA) is 30.0 Å². The highest BCUT2D eigenvalue weighted by Crippen LogP contribution is 2.24. The van der Waals surface area contributed by atoms with E-state index in [1.807, 2.05) is 0 Å². The Morgan fingerprint density at radius 1 is 1.54 bits per heavy atom. The lowest BCUT2D eigenvalue weighted by atomic mass is 10.2. The molecule has 0 N–H and O–H groups in total. The van der Waals surface area contributed by atoms with Gasteiger partial charge in [-0.15, -0.1) is 22.7 Å². The van der Waals surface area contributed by atoms with E-state index in [1.54, 1.807) is 22.3 Å². The number of thiophene rings is 1. The van der Waals surface area contributed by atoms with Gasteiger partial charge in [-0.3, -0.25) is 4.79 Å². The molecule has 0 radical (unpaired) electrons. The first-order valence-electron chi connectivity index (χ1n) is 3.45. The van der Waals surface area contributed by atoms with Crippen LogP contribution in [0.5, 0.6) is 0 Å². The van der Waals surface area contributed by atoms with Crippen LogP contribution < -0.4 is 0 Å². The first-order chi connectivity index (χ1) is 6.29. The van der Waals surface area contributed by atoms with E-state index in [2.05, 4.69) is 4.98 Å². The summed E-state index contributed by atoms with van der Waals surface area (Å²) in [7, 11) is 0. The molecular formula is C8H4ClNOS2. The Kier molecular flexibility index (Phi) is 2.44. The summed E-state index contributed by atoms with van der Waals surface area (Å²) < 4.78 is 0. The van der Waals surface area contributed by atoms with Gasteiger partial charge in [-0.05, 0) is 11.4 Å². The zero-order valence-corrected chi connectivity index (χ0v) is 8.75. The summed E-state index contributed by atoms with van der Waals surface area (Å²) in [5.74, 6) is -0.0961. The Morgan fingerprint density at radius 2 is 2.38 bits per heavy atom. The monoisotopic (exact) mass is 229 g/mol. The normalized spacial score (nSPS) is 10.2. The molecule has 5 heteroatoms. The number of halogens is 1. The van der Waals surface area contributed by atoms with Crippen molar-refractivity contribution >= 4 is 40.1 Å². The highest BCUT2D eigenvalue weighted by Gasteiger charge is 2.15. The second kappa shape index (κ2) is 3.57. The van der Waals surface area contributed by atoms with Crippen molar-refractivity contribution in [2.75, 3.05) is 0 Å². The van der Waals surface area contributed by atoms with Gasteiger partial charge < -0.3 is 0 Å². The Hall–Kier alpha value is -0.710. The van der Waals surface area contributed by atoms with Crippen molar-refractivity contribution in [3.63, 3.8) is 0 Å². The Balaban J connectivity index is 2.39. The number of hydrogen-bond donors (Lipinski definition) is 0. The molecule has 0 aliphatic rings. The molecule has 0 spiro atoms. The van der Waals surface area contributed by atoms with Gasteiger partial charge in [0.25, 0.3) is 0 Å². The molecule has 66 valence electrons. The summed E-state index contributed by atoms with van der Waals surface area (Å²) >= 11 is 8.56. The SMILES string of the molecule is O=C(c1cscn1)c1sccc1Cl. The molecule has 0 fully saturated rings. The number of carbonyl (C=O) groups is 1. The van der Waals surface area contributed by atoms with E-state index in [4.69, 9.17) is 11.6 Å². The number of carbonyl (C=O) groups excluding carboxylic acids is 1. The fraction of sp³-hybridized carbons (Fsp3) is 0. The third-order valence-electron chi connectivity index (χ3n) is 1.49. The molecule has 0 amide bonds. The molecule has 2 heterocycles. The van der Waals surface area contributed by atoms with E-state index >= 15 is 0 Å². The number of ketones is 1. The van der Waals surface area contributed by atoms with Crippen LogP contribution >= 0.6 is 34.3 Å². The molecule has 0 aromatic carbocycles. The maximum atomic E-state index is 11.7. The fourth-order valence-electron chi connectivity index (χ4n) is 0.897. The molecule has 0 bridgehead atoms. The van der Waals surface area contributed by atoms with Crippen LogP contribution in [0.25, 0.3) is 0 Å². The largest absolute Gasteiger partial charge is 0.286 e. The predicted molar refractivity (Wildman–Crippen MR) is 54.9 cm³/mol. The van der Waals surface area contributed by atoms with E-state index in [0.29, 0.717) is 15.6 Å². The van der Waals surface area contributed by atoms with Crippen LogP contribution in [0, 0.1) is 0 Å². The Bertz CT molecular complexity index is 421. The molecule has 13 heavy (non-hydrogen) atoms. The fourth-order valence-corrected chi connectivity index (χ4v) is 2.52. The van der Waals surface area contributed by atoms with Crippen molar-refractivity contribution in [2.24, 2.45) is 0 Å². The third-order valence-corrected chi connectivity index (χ3v) is 3.42. The maximum Gasteiger partial charge on any atom is 0.223 e. The van der Waals surface area contributed by atoms with Crippen LogP contribution in [0.4, 0.5) is 0 Å². The summed E-state index contributed by atoms with van der Waals surface area (Å²) in [6.07, 6.45) is 0. The number of hydrogen-bond acceptors (Lipinski definition) is 4.